The van der Waals surface area contributed by atoms with E-state index in [-0.39, 0.29) is 5.82 Å². The number of benzene rings is 1. The molecule has 0 spiro atoms. The van der Waals surface area contributed by atoms with Crippen LogP contribution in [0.5, 0.6) is 5.75 Å². The standard InChI is InChI=1S/C16H24FNO/c1-13-11-15(17)7-8-16(13)19-10-9-18-12-14-5-3-2-4-6-14/h7-8,11,14,18H,2-6,9-10,12H2,1H3. The van der Waals surface area contributed by atoms with Crippen LogP contribution in [0.25, 0.3) is 0 Å². The Hall–Kier alpha value is -1.09. The fourth-order valence-electron chi connectivity index (χ4n) is 2.71. The van der Waals surface area contributed by atoms with E-state index in [1.54, 1.807) is 6.07 Å². The molecular weight excluding hydrogens is 241 g/mol. The summed E-state index contributed by atoms with van der Waals surface area (Å²) in [6, 6.07) is 4.65. The van der Waals surface area contributed by atoms with Crippen molar-refractivity contribution < 1.29 is 9.13 Å². The number of rotatable bonds is 6. The fraction of sp³-hybridized carbons (Fsp3) is 0.625. The average molecular weight is 265 g/mol. The number of halogens is 1. The lowest BCUT2D eigenvalue weighted by atomic mass is 9.89. The van der Waals surface area contributed by atoms with E-state index in [0.29, 0.717) is 6.61 Å². The maximum atomic E-state index is 12.9. The Bertz CT molecular complexity index is 388. The van der Waals surface area contributed by atoms with Crippen LogP contribution in [0.2, 0.25) is 0 Å². The van der Waals surface area contributed by atoms with Crippen molar-refractivity contribution >= 4 is 0 Å². The predicted molar refractivity (Wildman–Crippen MR) is 76.1 cm³/mol. The van der Waals surface area contributed by atoms with E-state index in [2.05, 4.69) is 5.32 Å². The van der Waals surface area contributed by atoms with Crippen LogP contribution < -0.4 is 10.1 Å². The van der Waals surface area contributed by atoms with E-state index in [1.165, 1.54) is 44.2 Å². The quantitative estimate of drug-likeness (QED) is 0.792. The third-order valence-electron chi connectivity index (χ3n) is 3.83. The summed E-state index contributed by atoms with van der Waals surface area (Å²) in [5.74, 6) is 1.42. The Morgan fingerprint density at radius 2 is 2.05 bits per heavy atom. The molecule has 1 saturated carbocycles. The molecule has 0 saturated heterocycles. The molecule has 2 rings (SSSR count). The van der Waals surface area contributed by atoms with Gasteiger partial charge in [-0.05, 0) is 56.0 Å². The molecule has 0 radical (unpaired) electrons. The van der Waals surface area contributed by atoms with Gasteiger partial charge in [-0.3, -0.25) is 0 Å². The van der Waals surface area contributed by atoms with Crippen molar-refractivity contribution in [3.05, 3.63) is 29.6 Å². The van der Waals surface area contributed by atoms with Crippen molar-refractivity contribution in [3.8, 4) is 5.75 Å². The molecule has 0 aliphatic heterocycles. The molecular formula is C16H24FNO. The first-order chi connectivity index (χ1) is 9.25. The van der Waals surface area contributed by atoms with Gasteiger partial charge < -0.3 is 10.1 Å². The topological polar surface area (TPSA) is 21.3 Å². The Morgan fingerprint density at radius 1 is 1.26 bits per heavy atom. The summed E-state index contributed by atoms with van der Waals surface area (Å²) in [6.07, 6.45) is 6.91. The first-order valence-electron chi connectivity index (χ1n) is 7.35. The third-order valence-corrected chi connectivity index (χ3v) is 3.83. The van der Waals surface area contributed by atoms with E-state index in [4.69, 9.17) is 4.74 Å². The number of aryl methyl sites for hydroxylation is 1. The van der Waals surface area contributed by atoms with Gasteiger partial charge in [0, 0.05) is 6.54 Å². The van der Waals surface area contributed by atoms with Crippen molar-refractivity contribution in [1.82, 2.24) is 5.32 Å². The molecule has 1 aliphatic rings. The van der Waals surface area contributed by atoms with E-state index in [0.717, 1.165) is 30.3 Å². The highest BCUT2D eigenvalue weighted by Crippen LogP contribution is 2.22. The first kappa shape index (κ1) is 14.3. The lowest BCUT2D eigenvalue weighted by Gasteiger charge is -2.21. The van der Waals surface area contributed by atoms with Crippen molar-refractivity contribution in [2.24, 2.45) is 5.92 Å². The molecule has 0 bridgehead atoms. The average Bonchev–Trinajstić information content (AvgIpc) is 2.42. The molecule has 3 heteroatoms. The highest BCUT2D eigenvalue weighted by Gasteiger charge is 2.12. The second-order valence-electron chi connectivity index (χ2n) is 5.47. The monoisotopic (exact) mass is 265 g/mol. The van der Waals surface area contributed by atoms with E-state index in [9.17, 15) is 4.39 Å². The van der Waals surface area contributed by atoms with E-state index >= 15 is 0 Å². The molecule has 106 valence electrons. The fourth-order valence-corrected chi connectivity index (χ4v) is 2.71. The van der Waals surface area contributed by atoms with Gasteiger partial charge in [-0.2, -0.15) is 0 Å². The Balaban J connectivity index is 1.61. The molecule has 0 aromatic heterocycles. The molecule has 0 amide bonds. The second-order valence-corrected chi connectivity index (χ2v) is 5.47. The number of nitrogens with one attached hydrogen (secondary N) is 1. The molecule has 0 heterocycles. The van der Waals surface area contributed by atoms with Gasteiger partial charge in [0.2, 0.25) is 0 Å². The summed E-state index contributed by atoms with van der Waals surface area (Å²) < 4.78 is 18.6. The van der Waals surface area contributed by atoms with Gasteiger partial charge in [0.25, 0.3) is 0 Å². The summed E-state index contributed by atoms with van der Waals surface area (Å²) >= 11 is 0. The Labute approximate surface area is 115 Å². The summed E-state index contributed by atoms with van der Waals surface area (Å²) in [5.41, 5.74) is 0.854. The van der Waals surface area contributed by atoms with Crippen LogP contribution in [0, 0.1) is 18.7 Å². The maximum absolute atomic E-state index is 12.9. The molecule has 0 unspecified atom stereocenters. The van der Waals surface area contributed by atoms with Crippen LogP contribution in [0.3, 0.4) is 0 Å². The molecule has 1 N–H and O–H groups in total. The molecule has 0 atom stereocenters. The van der Waals surface area contributed by atoms with Gasteiger partial charge in [-0.1, -0.05) is 19.3 Å². The Morgan fingerprint density at radius 3 is 2.79 bits per heavy atom. The lowest BCUT2D eigenvalue weighted by Crippen LogP contribution is -2.28. The first-order valence-corrected chi connectivity index (χ1v) is 7.35. The predicted octanol–water partition coefficient (Wildman–Crippen LogP) is 3.68. The molecule has 1 aromatic carbocycles. The van der Waals surface area contributed by atoms with Crippen LogP contribution in [0.15, 0.2) is 18.2 Å². The molecule has 1 aliphatic carbocycles. The highest BCUT2D eigenvalue weighted by molar-refractivity contribution is 5.32. The van der Waals surface area contributed by atoms with Gasteiger partial charge in [0.05, 0.1) is 0 Å². The van der Waals surface area contributed by atoms with Crippen molar-refractivity contribution in [2.75, 3.05) is 19.7 Å². The molecule has 1 fully saturated rings. The summed E-state index contributed by atoms with van der Waals surface area (Å²) in [4.78, 5) is 0. The highest BCUT2D eigenvalue weighted by atomic mass is 19.1. The summed E-state index contributed by atoms with van der Waals surface area (Å²) in [7, 11) is 0. The van der Waals surface area contributed by atoms with Gasteiger partial charge in [-0.25, -0.2) is 4.39 Å². The SMILES string of the molecule is Cc1cc(F)ccc1OCCNCC1CCCCC1. The van der Waals surface area contributed by atoms with Crippen LogP contribution in [-0.2, 0) is 0 Å². The maximum Gasteiger partial charge on any atom is 0.123 e. The van der Waals surface area contributed by atoms with Gasteiger partial charge in [-0.15, -0.1) is 0 Å². The second kappa shape index (κ2) is 7.49. The van der Waals surface area contributed by atoms with Gasteiger partial charge in [0.1, 0.15) is 18.2 Å². The minimum atomic E-state index is -0.208. The zero-order chi connectivity index (χ0) is 13.5. The van der Waals surface area contributed by atoms with E-state index < -0.39 is 0 Å². The molecule has 2 nitrogen and oxygen atoms in total. The van der Waals surface area contributed by atoms with Crippen LogP contribution in [0.1, 0.15) is 37.7 Å². The number of ether oxygens (including phenoxy) is 1. The molecule has 19 heavy (non-hydrogen) atoms. The zero-order valence-electron chi connectivity index (χ0n) is 11.8. The largest absolute Gasteiger partial charge is 0.492 e. The minimum Gasteiger partial charge on any atom is -0.492 e. The smallest absolute Gasteiger partial charge is 0.123 e. The number of hydrogen-bond donors (Lipinski definition) is 1. The van der Waals surface area contributed by atoms with Crippen molar-refractivity contribution in [1.29, 1.82) is 0 Å². The van der Waals surface area contributed by atoms with Crippen LogP contribution in [-0.4, -0.2) is 19.7 Å². The van der Waals surface area contributed by atoms with Crippen LogP contribution in [0.4, 0.5) is 4.39 Å². The summed E-state index contributed by atoms with van der Waals surface area (Å²) in [5, 5.41) is 3.46. The van der Waals surface area contributed by atoms with Crippen LogP contribution >= 0.6 is 0 Å². The zero-order valence-corrected chi connectivity index (χ0v) is 11.8. The molecule has 1 aromatic rings. The lowest BCUT2D eigenvalue weighted by molar-refractivity contribution is 0.293. The number of hydrogen-bond acceptors (Lipinski definition) is 2. The normalized spacial score (nSPS) is 16.5. The van der Waals surface area contributed by atoms with E-state index in [1.807, 2.05) is 6.92 Å². The summed E-state index contributed by atoms with van der Waals surface area (Å²) in [6.45, 7) is 4.46. The third kappa shape index (κ3) is 4.83. The van der Waals surface area contributed by atoms with Crippen molar-refractivity contribution in [2.45, 2.75) is 39.0 Å². The van der Waals surface area contributed by atoms with Crippen molar-refractivity contribution in [3.63, 3.8) is 0 Å². The Kier molecular flexibility index (Phi) is 5.64. The minimum absolute atomic E-state index is 0.208. The van der Waals surface area contributed by atoms with Gasteiger partial charge >= 0.3 is 0 Å². The van der Waals surface area contributed by atoms with Gasteiger partial charge in [0.15, 0.2) is 0 Å².